The van der Waals surface area contributed by atoms with Gasteiger partial charge in [-0.15, -0.1) is 0 Å². The molecule has 0 bridgehead atoms. The lowest BCUT2D eigenvalue weighted by molar-refractivity contribution is -0.116. The van der Waals surface area contributed by atoms with E-state index in [0.29, 0.717) is 0 Å². The van der Waals surface area contributed by atoms with Crippen LogP contribution in [0.25, 0.3) is 11.0 Å². The Balaban J connectivity index is 1.66. The van der Waals surface area contributed by atoms with Gasteiger partial charge in [-0.05, 0) is 31.2 Å². The Labute approximate surface area is 140 Å². The molecule has 0 fully saturated rings. The highest BCUT2D eigenvalue weighted by Crippen LogP contribution is 2.14. The summed E-state index contributed by atoms with van der Waals surface area (Å²) < 4.78 is 26.0. The zero-order valence-corrected chi connectivity index (χ0v) is 14.0. The van der Waals surface area contributed by atoms with E-state index in [9.17, 15) is 13.2 Å². The van der Waals surface area contributed by atoms with Crippen LogP contribution in [0.4, 0.5) is 0 Å². The predicted octanol–water partition coefficient (Wildman–Crippen LogP) is 2.28. The molecule has 0 atom stereocenters. The number of amides is 1. The molecule has 0 unspecified atom stereocenters. The number of carbonyl (C=O) groups excluding carboxylic acids is 1. The number of carbonyl (C=O) groups is 1. The summed E-state index contributed by atoms with van der Waals surface area (Å²) in [5.41, 5.74) is 5.15. The van der Waals surface area contributed by atoms with Crippen molar-refractivity contribution in [1.82, 2.24) is 9.66 Å². The monoisotopic (exact) mass is 343 g/mol. The quantitative estimate of drug-likeness (QED) is 0.770. The first-order valence-electron chi connectivity index (χ1n) is 7.47. The number of aromatic nitrogens is 2. The van der Waals surface area contributed by atoms with Gasteiger partial charge in [-0.1, -0.05) is 29.8 Å². The fourth-order valence-electron chi connectivity index (χ4n) is 2.33. The number of aryl methyl sites for hydroxylation is 1. The highest BCUT2D eigenvalue weighted by atomic mass is 32.2. The third kappa shape index (κ3) is 3.46. The Bertz CT molecular complexity index is 976. The van der Waals surface area contributed by atoms with E-state index in [2.05, 4.69) is 10.4 Å². The Morgan fingerprint density at radius 2 is 1.83 bits per heavy atom. The van der Waals surface area contributed by atoms with Crippen molar-refractivity contribution in [3.8, 4) is 0 Å². The van der Waals surface area contributed by atoms with Crippen molar-refractivity contribution >= 4 is 26.8 Å². The topological polar surface area (TPSA) is 81.1 Å². The van der Waals surface area contributed by atoms with Crippen molar-refractivity contribution in [1.29, 1.82) is 0 Å². The molecule has 3 rings (SSSR count). The Hall–Kier alpha value is -2.67. The fourth-order valence-corrected chi connectivity index (χ4v) is 3.57. The van der Waals surface area contributed by atoms with Crippen LogP contribution in [-0.4, -0.2) is 29.7 Å². The molecule has 1 amide bonds. The molecule has 0 saturated carbocycles. The van der Waals surface area contributed by atoms with Gasteiger partial charge in [-0.3, -0.25) is 10.2 Å². The fraction of sp³-hybridized carbons (Fsp3) is 0.176. The van der Waals surface area contributed by atoms with Crippen molar-refractivity contribution in [2.24, 2.45) is 0 Å². The Morgan fingerprint density at radius 3 is 2.58 bits per heavy atom. The van der Waals surface area contributed by atoms with Gasteiger partial charge in [0.15, 0.2) is 9.84 Å². The summed E-state index contributed by atoms with van der Waals surface area (Å²) in [5, 5.41) is 0. The van der Waals surface area contributed by atoms with Gasteiger partial charge >= 0.3 is 0 Å². The minimum atomic E-state index is -3.48. The number of rotatable bonds is 5. The molecule has 1 aromatic heterocycles. The number of nitrogens with zero attached hydrogens (tertiary/aromatic N) is 2. The molecule has 0 aliphatic heterocycles. The Morgan fingerprint density at radius 1 is 1.12 bits per heavy atom. The third-order valence-corrected chi connectivity index (χ3v) is 5.41. The molecule has 0 aliphatic rings. The van der Waals surface area contributed by atoms with Crippen molar-refractivity contribution in [3.05, 3.63) is 60.4 Å². The van der Waals surface area contributed by atoms with Crippen LogP contribution in [0.2, 0.25) is 0 Å². The van der Waals surface area contributed by atoms with Crippen LogP contribution in [-0.2, 0) is 14.6 Å². The van der Waals surface area contributed by atoms with E-state index in [-0.39, 0.29) is 23.0 Å². The van der Waals surface area contributed by atoms with Crippen LogP contribution in [0.1, 0.15) is 12.0 Å². The van der Waals surface area contributed by atoms with Gasteiger partial charge in [-0.2, -0.15) is 0 Å². The SMILES string of the molecule is Cc1ccc(S(=O)(=O)CCC(=O)Nn2cnc3ccccc32)cc1. The first-order valence-corrected chi connectivity index (χ1v) is 9.12. The zero-order chi connectivity index (χ0) is 17.2. The molecule has 0 spiro atoms. The number of nitrogens with one attached hydrogen (secondary N) is 1. The smallest absolute Gasteiger partial charge is 0.239 e. The van der Waals surface area contributed by atoms with Crippen molar-refractivity contribution in [2.45, 2.75) is 18.2 Å². The Kier molecular flexibility index (Phi) is 4.35. The lowest BCUT2D eigenvalue weighted by Crippen LogP contribution is -2.24. The molecular weight excluding hydrogens is 326 g/mol. The summed E-state index contributed by atoms with van der Waals surface area (Å²) in [4.78, 5) is 16.5. The van der Waals surface area contributed by atoms with Gasteiger partial charge < -0.3 is 0 Å². The molecule has 0 saturated heterocycles. The van der Waals surface area contributed by atoms with Crippen molar-refractivity contribution in [3.63, 3.8) is 0 Å². The summed E-state index contributed by atoms with van der Waals surface area (Å²) in [6, 6.07) is 14.0. The van der Waals surface area contributed by atoms with Gasteiger partial charge in [0.25, 0.3) is 0 Å². The lowest BCUT2D eigenvalue weighted by atomic mass is 10.2. The van der Waals surface area contributed by atoms with Gasteiger partial charge in [-0.25, -0.2) is 18.1 Å². The summed E-state index contributed by atoms with van der Waals surface area (Å²) in [7, 11) is -3.48. The van der Waals surface area contributed by atoms with Crippen LogP contribution in [0.5, 0.6) is 0 Å². The maximum atomic E-state index is 12.3. The second kappa shape index (κ2) is 6.45. The number of hydrogen-bond donors (Lipinski definition) is 1. The number of imidazole rings is 1. The molecular formula is C17H17N3O3S. The number of para-hydroxylation sites is 2. The summed E-state index contributed by atoms with van der Waals surface area (Å²) in [5.74, 6) is -0.622. The predicted molar refractivity (Wildman–Crippen MR) is 91.9 cm³/mol. The molecule has 0 radical (unpaired) electrons. The summed E-state index contributed by atoms with van der Waals surface area (Å²) in [6.45, 7) is 1.89. The molecule has 0 aliphatic carbocycles. The minimum Gasteiger partial charge on any atom is -0.273 e. The molecule has 2 aromatic carbocycles. The summed E-state index contributed by atoms with van der Waals surface area (Å²) >= 11 is 0. The number of fused-ring (bicyclic) bond motifs is 1. The van der Waals surface area contributed by atoms with Gasteiger partial charge in [0.2, 0.25) is 5.91 Å². The minimum absolute atomic E-state index is 0.122. The number of benzene rings is 2. The molecule has 7 heteroatoms. The van der Waals surface area contributed by atoms with Gasteiger partial charge in [0.1, 0.15) is 6.33 Å². The normalized spacial score (nSPS) is 11.5. The zero-order valence-electron chi connectivity index (χ0n) is 13.1. The number of hydrogen-bond acceptors (Lipinski definition) is 4. The molecule has 124 valence electrons. The lowest BCUT2D eigenvalue weighted by Gasteiger charge is -2.08. The van der Waals surface area contributed by atoms with E-state index in [0.717, 1.165) is 16.6 Å². The molecule has 1 heterocycles. The largest absolute Gasteiger partial charge is 0.273 e. The standard InChI is InChI=1S/C17H17N3O3S/c1-13-6-8-14(9-7-13)24(22,23)11-10-17(21)19-20-12-18-15-4-2-3-5-16(15)20/h2-9,12H,10-11H2,1H3,(H,19,21). The molecule has 24 heavy (non-hydrogen) atoms. The third-order valence-electron chi connectivity index (χ3n) is 3.68. The number of sulfone groups is 1. The highest BCUT2D eigenvalue weighted by Gasteiger charge is 2.16. The van der Waals surface area contributed by atoms with E-state index in [4.69, 9.17) is 0 Å². The van der Waals surface area contributed by atoms with Crippen LogP contribution < -0.4 is 5.43 Å². The second-order valence-corrected chi connectivity index (χ2v) is 7.63. The first-order chi connectivity index (χ1) is 11.5. The van der Waals surface area contributed by atoms with E-state index < -0.39 is 9.84 Å². The average Bonchev–Trinajstić information content (AvgIpc) is 2.97. The van der Waals surface area contributed by atoms with Gasteiger partial charge in [0, 0.05) is 6.42 Å². The van der Waals surface area contributed by atoms with Crippen molar-refractivity contribution < 1.29 is 13.2 Å². The molecule has 6 nitrogen and oxygen atoms in total. The van der Waals surface area contributed by atoms with Crippen LogP contribution in [0, 0.1) is 6.92 Å². The second-order valence-electron chi connectivity index (χ2n) is 5.52. The van der Waals surface area contributed by atoms with Crippen LogP contribution in [0.15, 0.2) is 59.8 Å². The van der Waals surface area contributed by atoms with E-state index in [1.165, 1.54) is 11.0 Å². The molecule has 1 N–H and O–H groups in total. The average molecular weight is 343 g/mol. The maximum absolute atomic E-state index is 12.3. The maximum Gasteiger partial charge on any atom is 0.239 e. The van der Waals surface area contributed by atoms with Crippen molar-refractivity contribution in [2.75, 3.05) is 11.2 Å². The summed E-state index contributed by atoms with van der Waals surface area (Å²) in [6.07, 6.45) is 1.37. The van der Waals surface area contributed by atoms with Crippen LogP contribution >= 0.6 is 0 Å². The van der Waals surface area contributed by atoms with E-state index in [1.54, 1.807) is 24.3 Å². The van der Waals surface area contributed by atoms with Gasteiger partial charge in [0.05, 0.1) is 21.7 Å². The first kappa shape index (κ1) is 16.2. The van der Waals surface area contributed by atoms with E-state index >= 15 is 0 Å². The van der Waals surface area contributed by atoms with E-state index in [1.807, 2.05) is 31.2 Å². The highest BCUT2D eigenvalue weighted by molar-refractivity contribution is 7.91. The van der Waals surface area contributed by atoms with Crippen LogP contribution in [0.3, 0.4) is 0 Å². The molecule has 3 aromatic rings.